The largest absolute Gasteiger partial charge is 0.323 e. The molecule has 2 N–H and O–H groups in total. The topological polar surface area (TPSA) is 26.0 Å². The molecule has 1 nitrogen and oxygen atoms in total. The number of nitrogens with two attached hydrogens (primary N) is 1. The normalized spacial score (nSPS) is 13.7. The molecule has 0 aromatic carbocycles. The van der Waals surface area contributed by atoms with Crippen molar-refractivity contribution in [1.82, 2.24) is 0 Å². The lowest BCUT2D eigenvalue weighted by Gasteiger charge is -1.92. The Kier molecular flexibility index (Phi) is 3.82. The molecule has 0 aliphatic heterocycles. The fraction of sp³-hybridized carbons (Fsp3) is 0.667. The Morgan fingerprint density at radius 2 is 2.50 bits per heavy atom. The summed E-state index contributed by atoms with van der Waals surface area (Å²) in [5.41, 5.74) is 5.24. The predicted octanol–water partition coefficient (Wildman–Crippen LogP) is 0.243. The highest BCUT2D eigenvalue weighted by Crippen LogP contribution is 1.75. The van der Waals surface area contributed by atoms with Crippen LogP contribution < -0.4 is 5.73 Å². The Morgan fingerprint density at radius 1 is 2.00 bits per heavy atom. The van der Waals surface area contributed by atoms with E-state index in [2.05, 4.69) is 24.8 Å². The van der Waals surface area contributed by atoms with E-state index in [4.69, 9.17) is 5.73 Å². The van der Waals surface area contributed by atoms with E-state index in [0.29, 0.717) is 5.75 Å². The molecule has 0 aromatic heterocycles. The van der Waals surface area contributed by atoms with Crippen molar-refractivity contribution in [1.29, 1.82) is 0 Å². The fourth-order valence-electron chi connectivity index (χ4n) is 0.0430. The molecule has 0 unspecified atom stereocenters. The van der Waals surface area contributed by atoms with Crippen LogP contribution in [0.5, 0.6) is 0 Å². The molecule has 0 heterocycles. The second kappa shape index (κ2) is 3.59. The minimum atomic E-state index is -0.0108. The van der Waals surface area contributed by atoms with Crippen LogP contribution in [0.15, 0.2) is 0 Å². The van der Waals surface area contributed by atoms with Gasteiger partial charge in [0, 0.05) is 11.8 Å². The molecule has 0 aromatic rings. The van der Waals surface area contributed by atoms with Gasteiger partial charge in [0.15, 0.2) is 0 Å². The van der Waals surface area contributed by atoms with E-state index >= 15 is 0 Å². The van der Waals surface area contributed by atoms with Crippen molar-refractivity contribution in [3.63, 3.8) is 0 Å². The van der Waals surface area contributed by atoms with Gasteiger partial charge in [-0.3, -0.25) is 0 Å². The first-order chi connectivity index (χ1) is 2.81. The zero-order valence-corrected chi connectivity index (χ0v) is 5.01. The Balaban J connectivity index is 2.96. The molecule has 1 atom stereocenters. The maximum Gasteiger partial charge on any atom is 0.0417 e. The Hall–Kier alpha value is 0.400. The van der Waals surface area contributed by atoms with E-state index in [-0.39, 0.29) is 6.04 Å². The summed E-state index contributed by atoms with van der Waals surface area (Å²) in [6, 6.07) is -0.0108. The van der Waals surface area contributed by atoms with Crippen molar-refractivity contribution in [3.8, 4) is 0 Å². The van der Waals surface area contributed by atoms with Gasteiger partial charge in [-0.1, -0.05) is 12.2 Å². The molecule has 0 aliphatic carbocycles. The second-order valence-electron chi connectivity index (χ2n) is 0.983. The first-order valence-electron chi connectivity index (χ1n) is 1.63. The summed E-state index contributed by atoms with van der Waals surface area (Å²) < 4.78 is 0. The van der Waals surface area contributed by atoms with Crippen molar-refractivity contribution in [2.24, 2.45) is 5.73 Å². The number of rotatable bonds is 2. The molecule has 0 amide bonds. The number of hydrogen-bond donors (Lipinski definition) is 2. The molecule has 0 saturated heterocycles. The molecule has 0 bridgehead atoms. The summed E-state index contributed by atoms with van der Waals surface area (Å²) in [6.07, 6.45) is 0. The van der Waals surface area contributed by atoms with Gasteiger partial charge in [0.1, 0.15) is 0 Å². The van der Waals surface area contributed by atoms with E-state index in [1.807, 2.05) is 0 Å². The van der Waals surface area contributed by atoms with Gasteiger partial charge in [-0.25, -0.2) is 0 Å². The highest BCUT2D eigenvalue weighted by molar-refractivity contribution is 7.81. The first-order valence-corrected chi connectivity index (χ1v) is 2.73. The summed E-state index contributed by atoms with van der Waals surface area (Å²) in [6.45, 7) is 0. The monoisotopic (exact) mass is 121 g/mol. The molecule has 6 heavy (non-hydrogen) atoms. The minimum Gasteiger partial charge on any atom is -0.323 e. The average Bonchev–Trinajstić information content (AvgIpc) is 1.65. The molecule has 0 saturated carbocycles. The van der Waals surface area contributed by atoms with Gasteiger partial charge in [-0.15, -0.1) is 0 Å². The molecular weight excluding hydrogens is 114 g/mol. The Labute approximate surface area is 48.3 Å². The van der Waals surface area contributed by atoms with Crippen molar-refractivity contribution in [3.05, 3.63) is 0 Å². The third kappa shape index (κ3) is 2.63. The third-order valence-electron chi connectivity index (χ3n) is 0.386. The first kappa shape index (κ1) is 6.40. The van der Waals surface area contributed by atoms with E-state index < -0.39 is 0 Å². The molecule has 0 fully saturated rings. The Bertz CT molecular complexity index is 46.1. The highest BCUT2D eigenvalue weighted by Gasteiger charge is 1.86. The molecule has 0 rings (SSSR count). The average molecular weight is 121 g/mol. The molecule has 0 aliphatic rings. The lowest BCUT2D eigenvalue weighted by Crippen LogP contribution is -2.21. The van der Waals surface area contributed by atoms with Crippen molar-refractivity contribution in [2.75, 3.05) is 5.75 Å². The van der Waals surface area contributed by atoms with Crippen LogP contribution in [0, 0.1) is 0 Å². The molecule has 3 heteroatoms. The lowest BCUT2D eigenvalue weighted by molar-refractivity contribution is 1.03. The lowest BCUT2D eigenvalue weighted by atomic mass is 10.4. The molecule has 36 valence electrons. The summed E-state index contributed by atoms with van der Waals surface area (Å²) in [7, 11) is 0. The quantitative estimate of drug-likeness (QED) is 0.404. The number of thiol groups is 1. The molecule has 0 spiro atoms. The van der Waals surface area contributed by atoms with Crippen molar-refractivity contribution < 1.29 is 0 Å². The number of thiocarbonyl (C=S) groups is 1. The van der Waals surface area contributed by atoms with Gasteiger partial charge in [-0.05, 0) is 5.37 Å². The fourth-order valence-corrected chi connectivity index (χ4v) is 0.387. The minimum absolute atomic E-state index is 0.0108. The molecular formula is C3H7NS2. The predicted molar refractivity (Wildman–Crippen MR) is 35.5 cm³/mol. The highest BCUT2D eigenvalue weighted by atomic mass is 32.1. The summed E-state index contributed by atoms with van der Waals surface area (Å²) >= 11 is 8.35. The van der Waals surface area contributed by atoms with Crippen LogP contribution >= 0.6 is 24.8 Å². The van der Waals surface area contributed by atoms with Crippen LogP contribution in [0.3, 0.4) is 0 Å². The van der Waals surface area contributed by atoms with Crippen LogP contribution in [-0.4, -0.2) is 17.2 Å². The van der Waals surface area contributed by atoms with E-state index in [9.17, 15) is 0 Å². The van der Waals surface area contributed by atoms with Gasteiger partial charge in [0.2, 0.25) is 0 Å². The van der Waals surface area contributed by atoms with Gasteiger partial charge in [0.25, 0.3) is 0 Å². The summed E-state index contributed by atoms with van der Waals surface area (Å²) in [5.74, 6) is 0.642. The van der Waals surface area contributed by atoms with E-state index in [1.54, 1.807) is 0 Å². The van der Waals surface area contributed by atoms with Gasteiger partial charge in [-0.2, -0.15) is 12.6 Å². The van der Waals surface area contributed by atoms with Gasteiger partial charge in [0.05, 0.1) is 0 Å². The van der Waals surface area contributed by atoms with Crippen LogP contribution in [0.25, 0.3) is 0 Å². The second-order valence-corrected chi connectivity index (χ2v) is 1.62. The SMILES string of the molecule is N[C@H](C=S)CS. The third-order valence-corrected chi connectivity index (χ3v) is 1.16. The van der Waals surface area contributed by atoms with Crippen LogP contribution in [0.4, 0.5) is 0 Å². The molecule has 0 radical (unpaired) electrons. The van der Waals surface area contributed by atoms with Crippen molar-refractivity contribution >= 4 is 30.2 Å². The van der Waals surface area contributed by atoms with Crippen molar-refractivity contribution in [2.45, 2.75) is 6.04 Å². The standard InChI is InChI=1S/C3H7NS2/c4-3(1-5)2-6/h1,3,6H,2,4H2/t3-/m1/s1. The zero-order chi connectivity index (χ0) is 4.99. The summed E-state index contributed by atoms with van der Waals surface area (Å²) in [4.78, 5) is 0. The summed E-state index contributed by atoms with van der Waals surface area (Å²) in [5, 5.41) is 1.51. The maximum atomic E-state index is 5.24. The Morgan fingerprint density at radius 3 is 2.50 bits per heavy atom. The van der Waals surface area contributed by atoms with Crippen LogP contribution in [0.2, 0.25) is 0 Å². The maximum absolute atomic E-state index is 5.24. The van der Waals surface area contributed by atoms with Gasteiger partial charge < -0.3 is 5.73 Å². The van der Waals surface area contributed by atoms with Gasteiger partial charge >= 0.3 is 0 Å². The van der Waals surface area contributed by atoms with Crippen LogP contribution in [0.1, 0.15) is 0 Å². The van der Waals surface area contributed by atoms with E-state index in [0.717, 1.165) is 0 Å². The van der Waals surface area contributed by atoms with E-state index in [1.165, 1.54) is 5.37 Å². The number of hydrogen-bond acceptors (Lipinski definition) is 3. The zero-order valence-electron chi connectivity index (χ0n) is 3.29. The van der Waals surface area contributed by atoms with Crippen LogP contribution in [-0.2, 0) is 0 Å². The smallest absolute Gasteiger partial charge is 0.0417 e.